The zero-order chi connectivity index (χ0) is 16.8. The summed E-state index contributed by atoms with van der Waals surface area (Å²) in [7, 11) is 0. The van der Waals surface area contributed by atoms with Crippen LogP contribution in [0.4, 0.5) is 5.00 Å². The summed E-state index contributed by atoms with van der Waals surface area (Å²) in [6.07, 6.45) is 0.488. The number of amides is 1. The zero-order valence-electron chi connectivity index (χ0n) is 13.2. The molecule has 0 bridgehead atoms. The van der Waals surface area contributed by atoms with Crippen LogP contribution in [0.15, 0.2) is 22.7 Å². The van der Waals surface area contributed by atoms with Crippen LogP contribution in [0.5, 0.6) is 5.75 Å². The van der Waals surface area contributed by atoms with E-state index in [1.807, 2.05) is 6.07 Å². The first kappa shape index (κ1) is 15.9. The summed E-state index contributed by atoms with van der Waals surface area (Å²) in [5, 5.41) is 17.4. The highest BCUT2D eigenvalue weighted by Gasteiger charge is 2.33. The van der Waals surface area contributed by atoms with E-state index >= 15 is 0 Å². The lowest BCUT2D eigenvalue weighted by molar-refractivity contribution is 0.0934. The molecule has 2 aliphatic rings. The van der Waals surface area contributed by atoms with Gasteiger partial charge in [-0.15, -0.1) is 11.3 Å². The van der Waals surface area contributed by atoms with Gasteiger partial charge in [-0.3, -0.25) is 9.69 Å². The molecular formula is C17H18BrN3O2S. The van der Waals surface area contributed by atoms with Crippen molar-refractivity contribution >= 4 is 38.2 Å². The highest BCUT2D eigenvalue weighted by atomic mass is 79.9. The Morgan fingerprint density at radius 3 is 3.04 bits per heavy atom. The van der Waals surface area contributed by atoms with Gasteiger partial charge in [0.2, 0.25) is 0 Å². The van der Waals surface area contributed by atoms with Gasteiger partial charge in [-0.25, -0.2) is 0 Å². The van der Waals surface area contributed by atoms with Crippen molar-refractivity contribution in [3.05, 3.63) is 44.2 Å². The lowest BCUT2D eigenvalue weighted by Gasteiger charge is -2.28. The molecule has 0 radical (unpaired) electrons. The Morgan fingerprint density at radius 2 is 2.25 bits per heavy atom. The number of rotatable bonds is 2. The van der Waals surface area contributed by atoms with Crippen molar-refractivity contribution in [2.45, 2.75) is 26.1 Å². The number of benzene rings is 1. The van der Waals surface area contributed by atoms with Crippen LogP contribution < -0.4 is 10.6 Å². The van der Waals surface area contributed by atoms with Crippen molar-refractivity contribution in [3.63, 3.8) is 0 Å². The highest BCUT2D eigenvalue weighted by molar-refractivity contribution is 9.10. The quantitative estimate of drug-likeness (QED) is 0.713. The molecule has 3 N–H and O–H groups in total. The zero-order valence-corrected chi connectivity index (χ0v) is 15.6. The minimum Gasteiger partial charge on any atom is -0.508 e. The Hall–Kier alpha value is -1.57. The summed E-state index contributed by atoms with van der Waals surface area (Å²) in [6.45, 7) is 5.09. The first-order valence-corrected chi connectivity index (χ1v) is 9.60. The normalized spacial score (nSPS) is 20.1. The van der Waals surface area contributed by atoms with E-state index in [1.165, 1.54) is 10.4 Å². The first-order valence-electron chi connectivity index (χ1n) is 7.99. The van der Waals surface area contributed by atoms with E-state index in [1.54, 1.807) is 23.5 Å². The second-order valence-corrected chi connectivity index (χ2v) is 8.10. The van der Waals surface area contributed by atoms with Crippen LogP contribution in [0.1, 0.15) is 39.5 Å². The number of thiophene rings is 1. The van der Waals surface area contributed by atoms with Crippen molar-refractivity contribution in [2.75, 3.05) is 18.4 Å². The molecule has 0 saturated carbocycles. The number of aromatic hydroxyl groups is 1. The second kappa shape index (κ2) is 6.06. The molecule has 1 aromatic carbocycles. The average Bonchev–Trinajstić information content (AvgIpc) is 2.94. The fourth-order valence-electron chi connectivity index (χ4n) is 3.35. The summed E-state index contributed by atoms with van der Waals surface area (Å²) in [5.74, 6) is 0.105. The molecule has 1 atom stereocenters. The third-order valence-electron chi connectivity index (χ3n) is 4.66. The topological polar surface area (TPSA) is 64.6 Å². The maximum atomic E-state index is 12.7. The number of likely N-dealkylation sites (N-methyl/N-ethyl adjacent to an activating group) is 1. The van der Waals surface area contributed by atoms with Gasteiger partial charge in [-0.05, 0) is 36.7 Å². The average molecular weight is 408 g/mol. The van der Waals surface area contributed by atoms with E-state index in [-0.39, 0.29) is 11.7 Å². The van der Waals surface area contributed by atoms with Crippen LogP contribution in [-0.4, -0.2) is 29.0 Å². The molecule has 0 aliphatic carbocycles. The summed E-state index contributed by atoms with van der Waals surface area (Å²) in [6, 6.07) is 5.23. The molecule has 1 amide bonds. The summed E-state index contributed by atoms with van der Waals surface area (Å²) < 4.78 is 0.862. The van der Waals surface area contributed by atoms with Gasteiger partial charge in [0, 0.05) is 28.0 Å². The Bertz CT molecular complexity index is 820. The molecule has 0 spiro atoms. The van der Waals surface area contributed by atoms with Gasteiger partial charge in [0.25, 0.3) is 5.91 Å². The summed E-state index contributed by atoms with van der Waals surface area (Å²) >= 11 is 5.08. The van der Waals surface area contributed by atoms with Gasteiger partial charge >= 0.3 is 0 Å². The lowest BCUT2D eigenvalue weighted by atomic mass is 10.00. The molecule has 2 aliphatic heterocycles. The monoisotopic (exact) mass is 407 g/mol. The summed E-state index contributed by atoms with van der Waals surface area (Å²) in [4.78, 5) is 16.4. The number of halogens is 1. The van der Waals surface area contributed by atoms with E-state index in [0.717, 1.165) is 41.1 Å². The smallest absolute Gasteiger partial charge is 0.256 e. The van der Waals surface area contributed by atoms with E-state index in [4.69, 9.17) is 0 Å². The Balaban J connectivity index is 1.70. The van der Waals surface area contributed by atoms with Gasteiger partial charge in [-0.1, -0.05) is 22.9 Å². The number of nitrogens with zero attached hydrogens (tertiary/aromatic N) is 1. The van der Waals surface area contributed by atoms with Crippen LogP contribution in [0.2, 0.25) is 0 Å². The lowest BCUT2D eigenvalue weighted by Crippen LogP contribution is -2.38. The molecule has 3 heterocycles. The van der Waals surface area contributed by atoms with Crippen LogP contribution in [0, 0.1) is 0 Å². The van der Waals surface area contributed by atoms with Crippen LogP contribution in [0.25, 0.3) is 0 Å². The largest absolute Gasteiger partial charge is 0.508 e. The Labute approximate surface area is 152 Å². The number of phenols is 1. The molecule has 0 saturated heterocycles. The Morgan fingerprint density at radius 1 is 1.42 bits per heavy atom. The van der Waals surface area contributed by atoms with Gasteiger partial charge in [0.1, 0.15) is 16.9 Å². The first-order chi connectivity index (χ1) is 11.6. The molecular weight excluding hydrogens is 390 g/mol. The molecule has 4 rings (SSSR count). The highest BCUT2D eigenvalue weighted by Crippen LogP contribution is 2.41. The molecule has 126 valence electrons. The van der Waals surface area contributed by atoms with E-state index in [0.29, 0.717) is 5.56 Å². The molecule has 0 fully saturated rings. The van der Waals surface area contributed by atoms with E-state index < -0.39 is 6.17 Å². The van der Waals surface area contributed by atoms with E-state index in [9.17, 15) is 9.90 Å². The number of fused-ring (bicyclic) bond motifs is 3. The predicted molar refractivity (Wildman–Crippen MR) is 98.6 cm³/mol. The second-order valence-electron chi connectivity index (χ2n) is 6.08. The predicted octanol–water partition coefficient (Wildman–Crippen LogP) is 3.45. The van der Waals surface area contributed by atoms with E-state index in [2.05, 4.69) is 38.4 Å². The molecule has 5 nitrogen and oxygen atoms in total. The number of carbonyl (C=O) groups excluding carboxylic acids is 1. The van der Waals surface area contributed by atoms with Gasteiger partial charge in [0.05, 0.1) is 5.56 Å². The van der Waals surface area contributed by atoms with Crippen LogP contribution in [-0.2, 0) is 13.0 Å². The van der Waals surface area contributed by atoms with Crippen LogP contribution in [0.3, 0.4) is 0 Å². The standard InChI is InChI=1S/C17H18BrN3O2S/c1-2-21-6-5-10-13(8-21)24-17-14(10)16(23)19-15(20-17)11-7-9(18)3-4-12(11)22/h3-4,7,15,20,22H,2,5-6,8H2,1H3,(H,19,23)/t15-/m1/s1. The fraction of sp³-hybridized carbons (Fsp3) is 0.353. The van der Waals surface area contributed by atoms with Gasteiger partial charge in [-0.2, -0.15) is 0 Å². The molecule has 24 heavy (non-hydrogen) atoms. The number of anilines is 1. The minimum absolute atomic E-state index is 0.0597. The number of phenolic OH excluding ortho intramolecular Hbond substituents is 1. The van der Waals surface area contributed by atoms with Gasteiger partial charge in [0.15, 0.2) is 0 Å². The summed E-state index contributed by atoms with van der Waals surface area (Å²) in [5.41, 5.74) is 2.63. The third-order valence-corrected chi connectivity index (χ3v) is 6.30. The van der Waals surface area contributed by atoms with Crippen molar-refractivity contribution in [1.82, 2.24) is 10.2 Å². The minimum atomic E-state index is -0.426. The molecule has 0 unspecified atom stereocenters. The third kappa shape index (κ3) is 2.60. The number of nitrogens with one attached hydrogen (secondary N) is 2. The maximum absolute atomic E-state index is 12.7. The number of hydrogen-bond acceptors (Lipinski definition) is 5. The number of hydrogen-bond donors (Lipinski definition) is 3. The molecule has 2 aromatic rings. The van der Waals surface area contributed by atoms with Crippen molar-refractivity contribution in [2.24, 2.45) is 0 Å². The number of carbonyl (C=O) groups is 1. The van der Waals surface area contributed by atoms with Crippen LogP contribution >= 0.6 is 27.3 Å². The molecule has 1 aromatic heterocycles. The molecule has 7 heteroatoms. The SMILES string of the molecule is CCN1CCc2c(sc3c2C(=O)N[C@@H](c2cc(Br)ccc2O)N3)C1. The van der Waals surface area contributed by atoms with Crippen molar-refractivity contribution in [1.29, 1.82) is 0 Å². The van der Waals surface area contributed by atoms with Gasteiger partial charge < -0.3 is 15.7 Å². The fourth-order valence-corrected chi connectivity index (χ4v) is 5.05. The Kier molecular flexibility index (Phi) is 4.02. The van der Waals surface area contributed by atoms with Crippen molar-refractivity contribution < 1.29 is 9.90 Å². The van der Waals surface area contributed by atoms with Crippen molar-refractivity contribution in [3.8, 4) is 5.75 Å². The maximum Gasteiger partial charge on any atom is 0.256 e.